The van der Waals surface area contributed by atoms with Crippen LogP contribution in [0.4, 0.5) is 4.79 Å². The second-order valence-corrected chi connectivity index (χ2v) is 7.19. The quantitative estimate of drug-likeness (QED) is 0.865. The molecule has 2 aliphatic rings. The van der Waals surface area contributed by atoms with E-state index in [9.17, 15) is 9.90 Å². The van der Waals surface area contributed by atoms with E-state index in [4.69, 9.17) is 4.74 Å². The maximum absolute atomic E-state index is 12.0. The van der Waals surface area contributed by atoms with Crippen molar-refractivity contribution < 1.29 is 14.6 Å². The normalized spacial score (nSPS) is 19.9. The highest BCUT2D eigenvalue weighted by Gasteiger charge is 2.29. The Hall–Kier alpha value is -2.86. The van der Waals surface area contributed by atoms with Gasteiger partial charge in [-0.25, -0.2) is 9.78 Å². The van der Waals surface area contributed by atoms with E-state index in [2.05, 4.69) is 16.4 Å². The minimum atomic E-state index is -0.978. The van der Waals surface area contributed by atoms with Gasteiger partial charge in [-0.15, -0.1) is 0 Å². The SMILES string of the molecule is CC1=C(c2ccc(Oc3ncccc3C3CC3)cc2C)N(C)C(=O)NC1O. The van der Waals surface area contributed by atoms with E-state index in [0.29, 0.717) is 28.8 Å². The minimum Gasteiger partial charge on any atom is -0.439 e. The standard InChI is InChI=1S/C21H23N3O3/c1-12-11-15(27-20-17(14-6-7-14)5-4-10-22-20)8-9-16(12)18-13(2)19(25)23-21(26)24(18)3/h4-5,8-11,14,19,25H,6-7H2,1-3H3,(H,23,26). The van der Waals surface area contributed by atoms with Gasteiger partial charge in [0, 0.05) is 24.4 Å². The fraction of sp³-hybridized carbons (Fsp3) is 0.333. The van der Waals surface area contributed by atoms with Crippen molar-refractivity contribution in [3.63, 3.8) is 0 Å². The summed E-state index contributed by atoms with van der Waals surface area (Å²) in [4.78, 5) is 18.0. The number of benzene rings is 1. The Kier molecular flexibility index (Phi) is 4.36. The van der Waals surface area contributed by atoms with E-state index >= 15 is 0 Å². The lowest BCUT2D eigenvalue weighted by atomic mass is 9.99. The molecule has 2 N–H and O–H groups in total. The molecule has 140 valence electrons. The summed E-state index contributed by atoms with van der Waals surface area (Å²) >= 11 is 0. The van der Waals surface area contributed by atoms with Gasteiger partial charge in [0.2, 0.25) is 5.88 Å². The van der Waals surface area contributed by atoms with Crippen LogP contribution >= 0.6 is 0 Å². The van der Waals surface area contributed by atoms with Gasteiger partial charge in [0.15, 0.2) is 6.23 Å². The number of carbonyl (C=O) groups is 1. The van der Waals surface area contributed by atoms with Crippen LogP contribution in [-0.4, -0.2) is 34.3 Å². The molecule has 1 aliphatic heterocycles. The Labute approximate surface area is 158 Å². The highest BCUT2D eigenvalue weighted by molar-refractivity contribution is 5.90. The molecule has 2 heterocycles. The number of pyridine rings is 1. The van der Waals surface area contributed by atoms with Crippen LogP contribution in [0, 0.1) is 6.92 Å². The molecule has 0 saturated heterocycles. The second kappa shape index (κ2) is 6.70. The number of hydrogen-bond acceptors (Lipinski definition) is 4. The Morgan fingerprint density at radius 2 is 2.04 bits per heavy atom. The molecular formula is C21H23N3O3. The third-order valence-corrected chi connectivity index (χ3v) is 5.17. The molecule has 0 spiro atoms. The molecule has 1 aromatic carbocycles. The van der Waals surface area contributed by atoms with E-state index in [0.717, 1.165) is 16.7 Å². The number of rotatable bonds is 4. The number of aliphatic hydroxyl groups is 1. The van der Waals surface area contributed by atoms with Crippen molar-refractivity contribution in [1.29, 1.82) is 0 Å². The van der Waals surface area contributed by atoms with Gasteiger partial charge in [-0.1, -0.05) is 6.07 Å². The van der Waals surface area contributed by atoms with Crippen molar-refractivity contribution in [2.75, 3.05) is 7.05 Å². The van der Waals surface area contributed by atoms with E-state index in [1.165, 1.54) is 17.7 Å². The molecule has 6 nitrogen and oxygen atoms in total. The van der Waals surface area contributed by atoms with Crippen molar-refractivity contribution in [1.82, 2.24) is 15.2 Å². The Balaban J connectivity index is 1.66. The average molecular weight is 365 g/mol. The molecule has 4 rings (SSSR count). The molecule has 1 aliphatic carbocycles. The lowest BCUT2D eigenvalue weighted by molar-refractivity contribution is 0.152. The molecule has 1 saturated carbocycles. The van der Waals surface area contributed by atoms with Crippen molar-refractivity contribution >= 4 is 11.7 Å². The molecule has 1 aromatic heterocycles. The van der Waals surface area contributed by atoms with Crippen molar-refractivity contribution in [2.24, 2.45) is 0 Å². The molecule has 1 atom stereocenters. The highest BCUT2D eigenvalue weighted by Crippen LogP contribution is 2.44. The first-order valence-corrected chi connectivity index (χ1v) is 9.12. The van der Waals surface area contributed by atoms with Gasteiger partial charge in [-0.2, -0.15) is 0 Å². The number of urea groups is 1. The molecule has 1 unspecified atom stereocenters. The van der Waals surface area contributed by atoms with Crippen molar-refractivity contribution in [3.05, 3.63) is 58.8 Å². The maximum Gasteiger partial charge on any atom is 0.323 e. The summed E-state index contributed by atoms with van der Waals surface area (Å²) in [5, 5.41) is 12.6. The first-order valence-electron chi connectivity index (χ1n) is 9.12. The number of aromatic nitrogens is 1. The summed E-state index contributed by atoms with van der Waals surface area (Å²) in [7, 11) is 1.69. The van der Waals surface area contributed by atoms with Crippen molar-refractivity contribution in [2.45, 2.75) is 38.8 Å². The van der Waals surface area contributed by atoms with Gasteiger partial charge >= 0.3 is 6.03 Å². The van der Waals surface area contributed by atoms with Gasteiger partial charge in [0.25, 0.3) is 0 Å². The maximum atomic E-state index is 12.0. The Bertz CT molecular complexity index is 934. The van der Waals surface area contributed by atoms with Crippen molar-refractivity contribution in [3.8, 4) is 11.6 Å². The van der Waals surface area contributed by atoms with Crippen LogP contribution in [0.25, 0.3) is 5.70 Å². The number of carbonyl (C=O) groups excluding carboxylic acids is 1. The minimum absolute atomic E-state index is 0.328. The number of nitrogens with zero attached hydrogens (tertiary/aromatic N) is 2. The average Bonchev–Trinajstić information content (AvgIpc) is 3.47. The molecule has 6 heteroatoms. The second-order valence-electron chi connectivity index (χ2n) is 7.19. The van der Waals surface area contributed by atoms with Crippen LogP contribution in [0.1, 0.15) is 42.4 Å². The molecular weight excluding hydrogens is 342 g/mol. The molecule has 27 heavy (non-hydrogen) atoms. The van der Waals surface area contributed by atoms with Crippen LogP contribution in [-0.2, 0) is 0 Å². The predicted molar refractivity (Wildman–Crippen MR) is 102 cm³/mol. The van der Waals surface area contributed by atoms with Gasteiger partial charge in [-0.3, -0.25) is 4.90 Å². The third kappa shape index (κ3) is 3.28. The van der Waals surface area contributed by atoms with Crippen LogP contribution in [0.2, 0.25) is 0 Å². The number of aliphatic hydroxyl groups excluding tert-OH is 1. The van der Waals surface area contributed by atoms with Gasteiger partial charge in [-0.05, 0) is 68.0 Å². The fourth-order valence-electron chi connectivity index (χ4n) is 3.48. The first-order chi connectivity index (χ1) is 13.0. The zero-order valence-corrected chi connectivity index (χ0v) is 15.7. The van der Waals surface area contributed by atoms with Crippen LogP contribution in [0.15, 0.2) is 42.1 Å². The first kappa shape index (κ1) is 17.5. The topological polar surface area (TPSA) is 74.7 Å². The van der Waals surface area contributed by atoms with Crippen LogP contribution in [0.5, 0.6) is 11.6 Å². The number of hydrogen-bond donors (Lipinski definition) is 2. The summed E-state index contributed by atoms with van der Waals surface area (Å²) in [5.74, 6) is 1.92. The summed E-state index contributed by atoms with van der Waals surface area (Å²) in [5.41, 5.74) is 4.42. The molecule has 1 fully saturated rings. The van der Waals surface area contributed by atoms with Crippen LogP contribution < -0.4 is 10.1 Å². The largest absolute Gasteiger partial charge is 0.439 e. The lowest BCUT2D eigenvalue weighted by Gasteiger charge is -2.32. The zero-order chi connectivity index (χ0) is 19.1. The zero-order valence-electron chi connectivity index (χ0n) is 15.7. The Morgan fingerprint density at radius 1 is 1.26 bits per heavy atom. The Morgan fingerprint density at radius 3 is 2.74 bits per heavy atom. The fourth-order valence-corrected chi connectivity index (χ4v) is 3.48. The smallest absolute Gasteiger partial charge is 0.323 e. The summed E-state index contributed by atoms with van der Waals surface area (Å²) < 4.78 is 6.06. The predicted octanol–water partition coefficient (Wildman–Crippen LogP) is 3.76. The lowest BCUT2D eigenvalue weighted by Crippen LogP contribution is -2.48. The van der Waals surface area contributed by atoms with E-state index in [-0.39, 0.29) is 6.03 Å². The van der Waals surface area contributed by atoms with Gasteiger partial charge < -0.3 is 15.2 Å². The van der Waals surface area contributed by atoms with Gasteiger partial charge in [0.1, 0.15) is 5.75 Å². The molecule has 2 amide bonds. The number of ether oxygens (including phenoxy) is 1. The monoisotopic (exact) mass is 365 g/mol. The molecule has 0 bridgehead atoms. The highest BCUT2D eigenvalue weighted by atomic mass is 16.5. The molecule has 0 radical (unpaired) electrons. The number of amides is 2. The van der Waals surface area contributed by atoms with Crippen LogP contribution in [0.3, 0.4) is 0 Å². The van der Waals surface area contributed by atoms with E-state index in [1.54, 1.807) is 13.2 Å². The third-order valence-electron chi connectivity index (χ3n) is 5.17. The summed E-state index contributed by atoms with van der Waals surface area (Å²) in [6.45, 7) is 3.78. The summed E-state index contributed by atoms with van der Waals surface area (Å²) in [6.07, 6.45) is 3.13. The molecule has 2 aromatic rings. The summed E-state index contributed by atoms with van der Waals surface area (Å²) in [6, 6.07) is 9.43. The van der Waals surface area contributed by atoms with E-state index < -0.39 is 6.23 Å². The number of nitrogens with one attached hydrogen (secondary N) is 1. The van der Waals surface area contributed by atoms with Gasteiger partial charge in [0.05, 0.1) is 5.70 Å². The number of aryl methyl sites for hydroxylation is 1. The van der Waals surface area contributed by atoms with E-state index in [1.807, 2.05) is 38.1 Å².